The predicted octanol–water partition coefficient (Wildman–Crippen LogP) is 2.57. The monoisotopic (exact) mass is 164 g/mol. The van der Waals surface area contributed by atoms with E-state index < -0.39 is 0 Å². The van der Waals surface area contributed by atoms with Crippen LogP contribution in [0.15, 0.2) is 12.2 Å². The van der Waals surface area contributed by atoms with Crippen molar-refractivity contribution in [3.05, 3.63) is 12.2 Å². The Morgan fingerprint density at radius 3 is 2.75 bits per heavy atom. The van der Waals surface area contributed by atoms with Gasteiger partial charge in [-0.15, -0.1) is 0 Å². The predicted molar refractivity (Wildman–Crippen MR) is 48.8 cm³/mol. The van der Waals surface area contributed by atoms with E-state index in [0.717, 1.165) is 19.3 Å². The third-order valence-corrected chi connectivity index (χ3v) is 3.61. The Morgan fingerprint density at radius 2 is 2.17 bits per heavy atom. The molecule has 0 N–H and O–H groups in total. The van der Waals surface area contributed by atoms with Crippen LogP contribution in [0.25, 0.3) is 0 Å². The fourth-order valence-electron chi connectivity index (χ4n) is 2.78. The maximum atomic E-state index is 11.8. The molecule has 12 heavy (non-hydrogen) atoms. The molecule has 0 radical (unpaired) electrons. The highest BCUT2D eigenvalue weighted by Crippen LogP contribution is 2.52. The van der Waals surface area contributed by atoms with Crippen molar-refractivity contribution in [1.29, 1.82) is 0 Å². The highest BCUT2D eigenvalue weighted by molar-refractivity contribution is 5.90. The molecular weight excluding hydrogens is 148 g/mol. The minimum atomic E-state index is 0.207. The van der Waals surface area contributed by atoms with Gasteiger partial charge in [0, 0.05) is 11.8 Å². The molecule has 2 saturated carbocycles. The molecule has 66 valence electrons. The quantitative estimate of drug-likeness (QED) is 0.503. The van der Waals surface area contributed by atoms with Crippen LogP contribution in [0.4, 0.5) is 0 Å². The molecule has 1 heteroatoms. The molecule has 2 rings (SSSR count). The summed E-state index contributed by atoms with van der Waals surface area (Å²) in [4.78, 5) is 11.8. The highest BCUT2D eigenvalue weighted by Gasteiger charge is 2.50. The first-order valence-corrected chi connectivity index (χ1v) is 4.74. The molecule has 2 unspecified atom stereocenters. The Labute approximate surface area is 73.8 Å². The number of hydrogen-bond acceptors (Lipinski definition) is 1. The van der Waals surface area contributed by atoms with Gasteiger partial charge in [-0.2, -0.15) is 0 Å². The maximum Gasteiger partial charge on any atom is 0.143 e. The summed E-state index contributed by atoms with van der Waals surface area (Å²) in [6.45, 7) is 8.42. The van der Waals surface area contributed by atoms with Crippen molar-refractivity contribution < 1.29 is 4.79 Å². The molecule has 0 aromatic heterocycles. The molecule has 0 spiro atoms. The smallest absolute Gasteiger partial charge is 0.143 e. The third kappa shape index (κ3) is 0.886. The van der Waals surface area contributed by atoms with Gasteiger partial charge >= 0.3 is 0 Å². The highest BCUT2D eigenvalue weighted by atomic mass is 16.1. The Kier molecular flexibility index (Phi) is 1.48. The van der Waals surface area contributed by atoms with Crippen LogP contribution in [0.2, 0.25) is 0 Å². The molecule has 1 nitrogen and oxygen atoms in total. The van der Waals surface area contributed by atoms with Crippen molar-refractivity contribution in [2.45, 2.75) is 33.1 Å². The molecule has 0 saturated heterocycles. The number of hydrogen-bond donors (Lipinski definition) is 0. The summed E-state index contributed by atoms with van der Waals surface area (Å²) < 4.78 is 0. The average molecular weight is 164 g/mol. The molecular formula is C11H16O. The van der Waals surface area contributed by atoms with Crippen molar-refractivity contribution in [2.75, 3.05) is 0 Å². The minimum absolute atomic E-state index is 0.207. The van der Waals surface area contributed by atoms with E-state index in [-0.39, 0.29) is 11.3 Å². The Bertz CT molecular complexity index is 250. The molecule has 0 amide bonds. The van der Waals surface area contributed by atoms with E-state index in [2.05, 4.69) is 20.4 Å². The number of carbonyl (C=O) groups excluding carboxylic acids is 1. The second-order valence-corrected chi connectivity index (χ2v) is 4.90. The van der Waals surface area contributed by atoms with E-state index in [4.69, 9.17) is 0 Å². The molecule has 2 bridgehead atoms. The summed E-state index contributed by atoms with van der Waals surface area (Å²) >= 11 is 0. The third-order valence-electron chi connectivity index (χ3n) is 3.61. The summed E-state index contributed by atoms with van der Waals surface area (Å²) in [6, 6.07) is 0. The minimum Gasteiger partial charge on any atom is -0.299 e. The Balaban J connectivity index is 2.36. The maximum absolute atomic E-state index is 11.8. The number of Topliss-reactive ketones (excluding diaryl/α,β-unsaturated/α-hetero) is 1. The number of rotatable bonds is 0. The van der Waals surface area contributed by atoms with Crippen molar-refractivity contribution in [2.24, 2.45) is 17.3 Å². The van der Waals surface area contributed by atoms with Crippen molar-refractivity contribution in [1.82, 2.24) is 0 Å². The van der Waals surface area contributed by atoms with E-state index in [9.17, 15) is 4.79 Å². The summed E-state index contributed by atoms with van der Waals surface area (Å²) in [5, 5.41) is 0. The van der Waals surface area contributed by atoms with E-state index in [1.54, 1.807) is 0 Å². The lowest BCUT2D eigenvalue weighted by atomic mass is 9.78. The first kappa shape index (κ1) is 8.03. The summed E-state index contributed by atoms with van der Waals surface area (Å²) in [5.74, 6) is 1.00. The van der Waals surface area contributed by atoms with E-state index in [1.165, 1.54) is 5.57 Å². The van der Waals surface area contributed by atoms with E-state index >= 15 is 0 Å². The largest absolute Gasteiger partial charge is 0.299 e. The van der Waals surface area contributed by atoms with Crippen LogP contribution < -0.4 is 0 Å². The van der Waals surface area contributed by atoms with Crippen LogP contribution in [0, 0.1) is 17.3 Å². The molecule has 2 aliphatic carbocycles. The number of allylic oxidation sites excluding steroid dienone is 1. The first-order valence-electron chi connectivity index (χ1n) is 4.74. The lowest BCUT2D eigenvalue weighted by Crippen LogP contribution is -2.26. The Morgan fingerprint density at radius 1 is 1.50 bits per heavy atom. The van der Waals surface area contributed by atoms with Gasteiger partial charge < -0.3 is 0 Å². The summed E-state index contributed by atoms with van der Waals surface area (Å²) in [5.41, 5.74) is 1.42. The summed E-state index contributed by atoms with van der Waals surface area (Å²) in [7, 11) is 0. The zero-order valence-corrected chi connectivity index (χ0v) is 7.89. The van der Waals surface area contributed by atoms with Gasteiger partial charge in [-0.1, -0.05) is 26.0 Å². The van der Waals surface area contributed by atoms with Crippen LogP contribution in [-0.2, 0) is 4.79 Å². The fourth-order valence-corrected chi connectivity index (χ4v) is 2.78. The molecule has 0 heterocycles. The standard InChI is InChI=1S/C11H16O/c1-7-4-5-9-10(12)8(7)6-11(9,2)3/h8-9H,1,4-6H2,2-3H3. The van der Waals surface area contributed by atoms with Crippen LogP contribution in [0.5, 0.6) is 0 Å². The van der Waals surface area contributed by atoms with Gasteiger partial charge in [-0.05, 0) is 24.7 Å². The lowest BCUT2D eigenvalue weighted by molar-refractivity contribution is -0.125. The van der Waals surface area contributed by atoms with Crippen LogP contribution in [0.3, 0.4) is 0 Å². The molecule has 0 aromatic carbocycles. The van der Waals surface area contributed by atoms with E-state index in [1.807, 2.05) is 0 Å². The zero-order chi connectivity index (χ0) is 8.93. The molecule has 2 aliphatic rings. The topological polar surface area (TPSA) is 17.1 Å². The van der Waals surface area contributed by atoms with Crippen molar-refractivity contribution >= 4 is 5.78 Å². The molecule has 0 aliphatic heterocycles. The number of ketones is 1. The second kappa shape index (κ2) is 2.21. The van der Waals surface area contributed by atoms with Crippen molar-refractivity contribution in [3.63, 3.8) is 0 Å². The van der Waals surface area contributed by atoms with Gasteiger partial charge in [0.05, 0.1) is 0 Å². The average Bonchev–Trinajstić information content (AvgIpc) is 2.09. The van der Waals surface area contributed by atoms with Crippen LogP contribution in [-0.4, -0.2) is 5.78 Å². The molecule has 0 aromatic rings. The van der Waals surface area contributed by atoms with Gasteiger partial charge in [0.25, 0.3) is 0 Å². The molecule has 2 fully saturated rings. The number of fused-ring (bicyclic) bond motifs is 2. The van der Waals surface area contributed by atoms with Crippen LogP contribution >= 0.6 is 0 Å². The first-order chi connectivity index (χ1) is 5.52. The summed E-state index contributed by atoms with van der Waals surface area (Å²) in [6.07, 6.45) is 3.15. The van der Waals surface area contributed by atoms with Gasteiger partial charge in [-0.25, -0.2) is 0 Å². The normalized spacial score (nSPS) is 38.8. The second-order valence-electron chi connectivity index (χ2n) is 4.90. The SMILES string of the molecule is C=C1CCC2C(=O)C1CC2(C)C. The zero-order valence-electron chi connectivity index (χ0n) is 7.89. The van der Waals surface area contributed by atoms with Gasteiger partial charge in [-0.3, -0.25) is 4.79 Å². The number of carbonyl (C=O) groups is 1. The van der Waals surface area contributed by atoms with Crippen molar-refractivity contribution in [3.8, 4) is 0 Å². The fraction of sp³-hybridized carbons (Fsp3) is 0.727. The van der Waals surface area contributed by atoms with Gasteiger partial charge in [0.1, 0.15) is 5.78 Å². The van der Waals surface area contributed by atoms with Gasteiger partial charge in [0.15, 0.2) is 0 Å². The van der Waals surface area contributed by atoms with Gasteiger partial charge in [0.2, 0.25) is 0 Å². The Hall–Kier alpha value is -0.590. The van der Waals surface area contributed by atoms with E-state index in [0.29, 0.717) is 11.7 Å². The molecule has 2 atom stereocenters. The van der Waals surface area contributed by atoms with Crippen LogP contribution in [0.1, 0.15) is 33.1 Å². The lowest BCUT2D eigenvalue weighted by Gasteiger charge is -2.25.